The fraction of sp³-hybridized carbons (Fsp3) is 0.778. The van der Waals surface area contributed by atoms with Crippen LogP contribution in [0.1, 0.15) is 43.7 Å². The number of ether oxygens (including phenoxy) is 1. The van der Waals surface area contributed by atoms with Crippen LogP contribution in [0, 0.1) is 5.92 Å². The average Bonchev–Trinajstić information content (AvgIpc) is 3.01. The molecule has 2 aliphatic heterocycles. The van der Waals surface area contributed by atoms with Gasteiger partial charge < -0.3 is 9.64 Å². The number of carbonyl (C=O) groups excluding carboxylic acids is 1. The maximum absolute atomic E-state index is 12.7. The number of likely N-dealkylation sites (tertiary alicyclic amines) is 1. The van der Waals surface area contributed by atoms with Gasteiger partial charge in [-0.1, -0.05) is 0 Å². The highest BCUT2D eigenvalue weighted by atomic mass is 16.5. The summed E-state index contributed by atoms with van der Waals surface area (Å²) in [7, 11) is 6.06. The summed E-state index contributed by atoms with van der Waals surface area (Å²) < 4.78 is 7.53. The molecule has 3 rings (SSSR count). The summed E-state index contributed by atoms with van der Waals surface area (Å²) in [6.07, 6.45) is 9.18. The average molecular weight is 334 g/mol. The molecule has 134 valence electrons. The van der Waals surface area contributed by atoms with Crippen LogP contribution in [0.5, 0.6) is 0 Å². The van der Waals surface area contributed by atoms with E-state index in [9.17, 15) is 4.79 Å². The minimum absolute atomic E-state index is 0.146. The van der Waals surface area contributed by atoms with Crippen LogP contribution in [0.3, 0.4) is 0 Å². The Bertz CT molecular complexity index is 553. The Balaban J connectivity index is 1.67. The number of likely N-dealkylation sites (N-methyl/N-ethyl adjacent to an activating group) is 1. The molecule has 3 heterocycles. The molecule has 2 fully saturated rings. The smallest absolute Gasteiger partial charge is 0.251 e. The number of piperidine rings is 1. The van der Waals surface area contributed by atoms with Gasteiger partial charge in [-0.25, -0.2) is 0 Å². The van der Waals surface area contributed by atoms with Gasteiger partial charge >= 0.3 is 0 Å². The Morgan fingerprint density at radius 2 is 2.17 bits per heavy atom. The van der Waals surface area contributed by atoms with E-state index in [1.807, 2.05) is 29.9 Å². The monoisotopic (exact) mass is 334 g/mol. The molecule has 0 radical (unpaired) electrons. The first kappa shape index (κ1) is 17.4. The third kappa shape index (κ3) is 3.81. The molecule has 1 amide bonds. The number of amides is 1. The maximum Gasteiger partial charge on any atom is 0.251 e. The third-order valence-corrected chi connectivity index (χ3v) is 5.41. The molecular weight excluding hydrogens is 304 g/mol. The van der Waals surface area contributed by atoms with E-state index in [1.54, 1.807) is 0 Å². The summed E-state index contributed by atoms with van der Waals surface area (Å²) in [6.45, 7) is 2.59. The molecule has 0 aliphatic carbocycles. The molecule has 6 nitrogen and oxygen atoms in total. The summed E-state index contributed by atoms with van der Waals surface area (Å²) in [5.74, 6) is 0.582. The molecule has 0 N–H and O–H groups in total. The molecule has 0 bridgehead atoms. The highest BCUT2D eigenvalue weighted by molar-refractivity contribution is 5.80. The molecule has 2 aliphatic rings. The van der Waals surface area contributed by atoms with Crippen molar-refractivity contribution in [3.8, 4) is 0 Å². The summed E-state index contributed by atoms with van der Waals surface area (Å²) in [5.41, 5.74) is 1.25. The van der Waals surface area contributed by atoms with Gasteiger partial charge in [0.1, 0.15) is 6.10 Å². The number of carbonyl (C=O) groups is 1. The van der Waals surface area contributed by atoms with E-state index in [-0.39, 0.29) is 12.0 Å². The van der Waals surface area contributed by atoms with Crippen molar-refractivity contribution in [2.45, 2.75) is 44.2 Å². The largest absolute Gasteiger partial charge is 0.368 e. The van der Waals surface area contributed by atoms with Crippen LogP contribution in [0.4, 0.5) is 0 Å². The van der Waals surface area contributed by atoms with Crippen LogP contribution in [0.15, 0.2) is 12.4 Å². The van der Waals surface area contributed by atoms with E-state index in [0.29, 0.717) is 18.6 Å². The van der Waals surface area contributed by atoms with Gasteiger partial charge in [0, 0.05) is 45.0 Å². The molecule has 1 aromatic heterocycles. The Hall–Kier alpha value is -1.40. The van der Waals surface area contributed by atoms with Crippen molar-refractivity contribution in [1.82, 2.24) is 19.6 Å². The molecule has 0 unspecified atom stereocenters. The second-order valence-electron chi connectivity index (χ2n) is 7.35. The molecule has 6 heteroatoms. The molecule has 0 spiro atoms. The highest BCUT2D eigenvalue weighted by Crippen LogP contribution is 2.35. The van der Waals surface area contributed by atoms with Gasteiger partial charge in [0.25, 0.3) is 5.91 Å². The summed E-state index contributed by atoms with van der Waals surface area (Å²) in [4.78, 5) is 17.0. The SMILES string of the molecule is CN(C[C@@H]1CCCN(C)[C@H]1c1cnn(C)c1)C(=O)[C@@H]1CCCCO1. The lowest BCUT2D eigenvalue weighted by molar-refractivity contribution is -0.146. The number of nitrogens with zero attached hydrogens (tertiary/aromatic N) is 4. The van der Waals surface area contributed by atoms with Gasteiger partial charge in [0.05, 0.1) is 6.20 Å². The number of aromatic nitrogens is 2. The van der Waals surface area contributed by atoms with E-state index in [1.165, 1.54) is 12.0 Å². The van der Waals surface area contributed by atoms with Crippen LogP contribution in [-0.2, 0) is 16.6 Å². The molecule has 24 heavy (non-hydrogen) atoms. The molecule has 0 saturated carbocycles. The van der Waals surface area contributed by atoms with E-state index >= 15 is 0 Å². The molecule has 3 atom stereocenters. The zero-order chi connectivity index (χ0) is 17.1. The van der Waals surface area contributed by atoms with Gasteiger partial charge in [-0.2, -0.15) is 5.10 Å². The minimum Gasteiger partial charge on any atom is -0.368 e. The summed E-state index contributed by atoms with van der Waals surface area (Å²) in [6, 6.07) is 0.329. The second-order valence-corrected chi connectivity index (χ2v) is 7.35. The fourth-order valence-corrected chi connectivity index (χ4v) is 4.19. The maximum atomic E-state index is 12.7. The zero-order valence-corrected chi connectivity index (χ0v) is 15.1. The van der Waals surface area contributed by atoms with Crippen molar-refractivity contribution < 1.29 is 9.53 Å². The van der Waals surface area contributed by atoms with Crippen LogP contribution >= 0.6 is 0 Å². The lowest BCUT2D eigenvalue weighted by Gasteiger charge is -2.41. The number of aryl methyl sites for hydroxylation is 1. The predicted molar refractivity (Wildman–Crippen MR) is 92.5 cm³/mol. The Morgan fingerprint density at radius 3 is 2.83 bits per heavy atom. The van der Waals surface area contributed by atoms with Crippen molar-refractivity contribution in [3.05, 3.63) is 18.0 Å². The van der Waals surface area contributed by atoms with Crippen molar-refractivity contribution >= 4 is 5.91 Å². The first-order valence-corrected chi connectivity index (χ1v) is 9.11. The van der Waals surface area contributed by atoms with Gasteiger partial charge in [0.2, 0.25) is 0 Å². The lowest BCUT2D eigenvalue weighted by atomic mass is 9.85. The van der Waals surface area contributed by atoms with Gasteiger partial charge in [-0.3, -0.25) is 14.4 Å². The predicted octanol–water partition coefficient (Wildman–Crippen LogP) is 1.83. The van der Waals surface area contributed by atoms with Crippen molar-refractivity contribution in [2.75, 3.05) is 33.8 Å². The van der Waals surface area contributed by atoms with Crippen LogP contribution < -0.4 is 0 Å². The van der Waals surface area contributed by atoms with E-state index in [0.717, 1.165) is 38.8 Å². The fourth-order valence-electron chi connectivity index (χ4n) is 4.19. The number of hydrogen-bond acceptors (Lipinski definition) is 4. The molecule has 1 aromatic rings. The molecule has 0 aromatic carbocycles. The summed E-state index contributed by atoms with van der Waals surface area (Å²) in [5, 5.41) is 4.34. The minimum atomic E-state index is -0.234. The van der Waals surface area contributed by atoms with Crippen molar-refractivity contribution in [2.24, 2.45) is 13.0 Å². The zero-order valence-electron chi connectivity index (χ0n) is 15.1. The topological polar surface area (TPSA) is 50.6 Å². The quantitative estimate of drug-likeness (QED) is 0.843. The Labute approximate surface area is 144 Å². The van der Waals surface area contributed by atoms with E-state index in [4.69, 9.17) is 4.74 Å². The molecule has 2 saturated heterocycles. The van der Waals surface area contributed by atoms with Crippen molar-refractivity contribution in [3.63, 3.8) is 0 Å². The summed E-state index contributed by atoms with van der Waals surface area (Å²) >= 11 is 0. The van der Waals surface area contributed by atoms with Gasteiger partial charge in [-0.15, -0.1) is 0 Å². The number of rotatable bonds is 4. The standard InChI is InChI=1S/C18H30N4O2/c1-20-9-6-7-14(17(20)15-11-19-22(3)13-15)12-21(2)18(23)16-8-4-5-10-24-16/h11,13-14,16-17H,4-10,12H2,1-3H3/t14-,16-,17+/m0/s1. The van der Waals surface area contributed by atoms with Crippen LogP contribution in [0.2, 0.25) is 0 Å². The first-order valence-electron chi connectivity index (χ1n) is 9.11. The van der Waals surface area contributed by atoms with Crippen LogP contribution in [-0.4, -0.2) is 65.4 Å². The van der Waals surface area contributed by atoms with E-state index < -0.39 is 0 Å². The van der Waals surface area contributed by atoms with Gasteiger partial charge in [-0.05, 0) is 51.6 Å². The lowest BCUT2D eigenvalue weighted by Crippen LogP contribution is -2.45. The normalized spacial score (nSPS) is 28.7. The van der Waals surface area contributed by atoms with Gasteiger partial charge in [0.15, 0.2) is 0 Å². The van der Waals surface area contributed by atoms with Crippen LogP contribution in [0.25, 0.3) is 0 Å². The highest BCUT2D eigenvalue weighted by Gasteiger charge is 2.34. The third-order valence-electron chi connectivity index (χ3n) is 5.41. The Morgan fingerprint density at radius 1 is 1.33 bits per heavy atom. The Kier molecular flexibility index (Phi) is 5.56. The number of hydrogen-bond donors (Lipinski definition) is 0. The second kappa shape index (κ2) is 7.66. The van der Waals surface area contributed by atoms with Crippen molar-refractivity contribution in [1.29, 1.82) is 0 Å². The first-order chi connectivity index (χ1) is 11.6. The molecular formula is C18H30N4O2. The van der Waals surface area contributed by atoms with E-state index in [2.05, 4.69) is 23.2 Å².